The summed E-state index contributed by atoms with van der Waals surface area (Å²) in [5, 5.41) is 3.28. The molecule has 0 bridgehead atoms. The molecular formula is C11H22FN3O2. The van der Waals surface area contributed by atoms with Crippen LogP contribution in [0.1, 0.15) is 0 Å². The number of rotatable bonds is 2. The molecule has 2 saturated heterocycles. The monoisotopic (exact) mass is 247 g/mol. The third-order valence-corrected chi connectivity index (χ3v) is 2.93. The molecule has 0 saturated carbocycles. The topological polar surface area (TPSA) is 44.8 Å². The fraction of sp³-hybridized carbons (Fsp3) is 0.909. The zero-order valence-electron chi connectivity index (χ0n) is 10.5. The van der Waals surface area contributed by atoms with Gasteiger partial charge < -0.3 is 15.0 Å². The number of piperazine rings is 1. The number of hydrogen-bond acceptors (Lipinski definition) is 4. The first-order valence-corrected chi connectivity index (χ1v) is 6.02. The maximum atomic E-state index is 11.9. The third kappa shape index (κ3) is 4.97. The Balaban J connectivity index is 0.000000686. The van der Waals surface area contributed by atoms with Crippen LogP contribution in [0, 0.1) is 0 Å². The summed E-state index contributed by atoms with van der Waals surface area (Å²) in [7, 11) is 0.500. The summed E-state index contributed by atoms with van der Waals surface area (Å²) in [6.07, 6.45) is 0. The summed E-state index contributed by atoms with van der Waals surface area (Å²) in [5.41, 5.74) is 0. The Labute approximate surface area is 102 Å². The van der Waals surface area contributed by atoms with Crippen molar-refractivity contribution in [2.75, 3.05) is 66.2 Å². The van der Waals surface area contributed by atoms with E-state index in [1.165, 1.54) is 0 Å². The molecule has 0 aromatic heterocycles. The number of hydrogen-bond donors (Lipinski definition) is 1. The predicted molar refractivity (Wildman–Crippen MR) is 63.7 cm³/mol. The number of carbonyl (C=O) groups is 1. The summed E-state index contributed by atoms with van der Waals surface area (Å²) < 4.78 is 14.7. The summed E-state index contributed by atoms with van der Waals surface area (Å²) in [4.78, 5) is 16.0. The van der Waals surface area contributed by atoms with Crippen LogP contribution in [-0.4, -0.2) is 81.9 Å². The molecule has 0 aliphatic carbocycles. The van der Waals surface area contributed by atoms with Crippen molar-refractivity contribution in [1.82, 2.24) is 15.1 Å². The Morgan fingerprint density at radius 2 is 1.76 bits per heavy atom. The van der Waals surface area contributed by atoms with Crippen molar-refractivity contribution in [2.45, 2.75) is 0 Å². The van der Waals surface area contributed by atoms with Gasteiger partial charge in [-0.3, -0.25) is 14.1 Å². The van der Waals surface area contributed by atoms with Gasteiger partial charge in [0, 0.05) is 39.3 Å². The van der Waals surface area contributed by atoms with Crippen LogP contribution in [0.2, 0.25) is 0 Å². The van der Waals surface area contributed by atoms with Crippen LogP contribution in [0.5, 0.6) is 0 Å². The van der Waals surface area contributed by atoms with Gasteiger partial charge in [0.25, 0.3) is 0 Å². The van der Waals surface area contributed by atoms with Gasteiger partial charge in [0.15, 0.2) is 0 Å². The maximum Gasteiger partial charge on any atom is 0.236 e. The first-order valence-electron chi connectivity index (χ1n) is 6.02. The van der Waals surface area contributed by atoms with Gasteiger partial charge in [-0.15, -0.1) is 0 Å². The Morgan fingerprint density at radius 1 is 1.18 bits per heavy atom. The third-order valence-electron chi connectivity index (χ3n) is 2.93. The van der Waals surface area contributed by atoms with Crippen LogP contribution in [0.25, 0.3) is 0 Å². The van der Waals surface area contributed by atoms with Crippen molar-refractivity contribution in [2.24, 2.45) is 0 Å². The van der Waals surface area contributed by atoms with Crippen LogP contribution in [0.15, 0.2) is 0 Å². The molecule has 0 radical (unpaired) electrons. The number of alkyl halides is 1. The van der Waals surface area contributed by atoms with Gasteiger partial charge in [-0.1, -0.05) is 0 Å². The largest absolute Gasteiger partial charge is 0.378 e. The van der Waals surface area contributed by atoms with E-state index in [9.17, 15) is 9.18 Å². The van der Waals surface area contributed by atoms with E-state index in [-0.39, 0.29) is 5.91 Å². The number of ether oxygens (including phenoxy) is 1. The Morgan fingerprint density at radius 3 is 2.35 bits per heavy atom. The van der Waals surface area contributed by atoms with Crippen LogP contribution in [0.3, 0.4) is 0 Å². The van der Waals surface area contributed by atoms with E-state index in [0.29, 0.717) is 26.9 Å². The number of amides is 1. The summed E-state index contributed by atoms with van der Waals surface area (Å²) in [6, 6.07) is 0. The lowest BCUT2D eigenvalue weighted by molar-refractivity contribution is -0.136. The molecule has 6 heteroatoms. The van der Waals surface area contributed by atoms with Gasteiger partial charge >= 0.3 is 0 Å². The van der Waals surface area contributed by atoms with Gasteiger partial charge in [-0.25, -0.2) is 0 Å². The second-order valence-corrected chi connectivity index (χ2v) is 4.02. The van der Waals surface area contributed by atoms with Gasteiger partial charge in [0.2, 0.25) is 5.91 Å². The molecule has 2 aliphatic heterocycles. The van der Waals surface area contributed by atoms with Crippen LogP contribution < -0.4 is 5.32 Å². The normalized spacial score (nSPS) is 21.6. The van der Waals surface area contributed by atoms with E-state index < -0.39 is 0 Å². The zero-order valence-corrected chi connectivity index (χ0v) is 10.5. The van der Waals surface area contributed by atoms with Crippen molar-refractivity contribution in [1.29, 1.82) is 0 Å². The summed E-state index contributed by atoms with van der Waals surface area (Å²) in [5.74, 6) is 0.250. The molecule has 1 N–H and O–H groups in total. The number of carbonyl (C=O) groups excluding carboxylic acids is 1. The van der Waals surface area contributed by atoms with Gasteiger partial charge in [-0.05, 0) is 0 Å². The molecule has 17 heavy (non-hydrogen) atoms. The van der Waals surface area contributed by atoms with Crippen molar-refractivity contribution in [3.63, 3.8) is 0 Å². The van der Waals surface area contributed by atoms with E-state index in [0.717, 1.165) is 39.3 Å². The highest BCUT2D eigenvalue weighted by Gasteiger charge is 2.20. The smallest absolute Gasteiger partial charge is 0.236 e. The van der Waals surface area contributed by atoms with E-state index in [4.69, 9.17) is 4.74 Å². The lowest BCUT2D eigenvalue weighted by Crippen LogP contribution is -2.50. The fourth-order valence-corrected chi connectivity index (χ4v) is 1.97. The summed E-state index contributed by atoms with van der Waals surface area (Å²) in [6.45, 7) is 7.41. The minimum absolute atomic E-state index is 0.250. The number of halogens is 1. The minimum Gasteiger partial charge on any atom is -0.378 e. The van der Waals surface area contributed by atoms with Crippen molar-refractivity contribution in [3.05, 3.63) is 0 Å². The highest BCUT2D eigenvalue weighted by Crippen LogP contribution is 2.00. The molecule has 0 aromatic rings. The molecule has 2 heterocycles. The quantitative estimate of drug-likeness (QED) is 0.703. The molecule has 0 unspecified atom stereocenters. The lowest BCUT2D eigenvalue weighted by Gasteiger charge is -2.31. The van der Waals surface area contributed by atoms with Gasteiger partial charge in [0.05, 0.1) is 26.9 Å². The Kier molecular flexibility index (Phi) is 7.07. The fourth-order valence-electron chi connectivity index (χ4n) is 1.97. The second-order valence-electron chi connectivity index (χ2n) is 4.02. The second kappa shape index (κ2) is 8.38. The SMILES string of the molecule is CF.O=C(CN1CCNCC1)N1CCOCC1. The first kappa shape index (κ1) is 14.3. The van der Waals surface area contributed by atoms with Crippen molar-refractivity contribution < 1.29 is 13.9 Å². The molecule has 0 atom stereocenters. The molecule has 0 spiro atoms. The standard InChI is InChI=1S/C10H19N3O2.CH3F/c14-10(13-5-7-15-8-6-13)9-12-3-1-11-2-4-12;1-2/h11H,1-9H2;1H3. The zero-order chi connectivity index (χ0) is 12.5. The number of morpholine rings is 1. The first-order chi connectivity index (χ1) is 8.36. The number of nitrogens with zero attached hydrogens (tertiary/aromatic N) is 2. The highest BCUT2D eigenvalue weighted by atomic mass is 19.1. The molecule has 1 amide bonds. The molecule has 5 nitrogen and oxygen atoms in total. The average molecular weight is 247 g/mol. The molecule has 2 fully saturated rings. The number of nitrogens with one attached hydrogen (secondary N) is 1. The minimum atomic E-state index is 0.250. The van der Waals surface area contributed by atoms with E-state index >= 15 is 0 Å². The predicted octanol–water partition coefficient (Wildman–Crippen LogP) is -0.664. The molecule has 100 valence electrons. The molecule has 0 aromatic carbocycles. The molecular weight excluding hydrogens is 225 g/mol. The van der Waals surface area contributed by atoms with Crippen LogP contribution in [-0.2, 0) is 9.53 Å². The van der Waals surface area contributed by atoms with E-state index in [1.807, 2.05) is 4.90 Å². The van der Waals surface area contributed by atoms with E-state index in [1.54, 1.807) is 0 Å². The summed E-state index contributed by atoms with van der Waals surface area (Å²) >= 11 is 0. The highest BCUT2D eigenvalue weighted by molar-refractivity contribution is 5.78. The van der Waals surface area contributed by atoms with Crippen molar-refractivity contribution in [3.8, 4) is 0 Å². The molecule has 2 rings (SSSR count). The van der Waals surface area contributed by atoms with Crippen molar-refractivity contribution >= 4 is 5.91 Å². The van der Waals surface area contributed by atoms with E-state index in [2.05, 4.69) is 10.2 Å². The lowest BCUT2D eigenvalue weighted by atomic mass is 10.3. The van der Waals surface area contributed by atoms with Crippen LogP contribution >= 0.6 is 0 Å². The van der Waals surface area contributed by atoms with Gasteiger partial charge in [-0.2, -0.15) is 0 Å². The van der Waals surface area contributed by atoms with Gasteiger partial charge in [0.1, 0.15) is 0 Å². The Bertz CT molecular complexity index is 217. The Hall–Kier alpha value is -0.720. The maximum absolute atomic E-state index is 11.9. The van der Waals surface area contributed by atoms with Crippen LogP contribution in [0.4, 0.5) is 4.39 Å². The molecule has 2 aliphatic rings. The average Bonchev–Trinajstić information content (AvgIpc) is 2.43.